The number of allylic oxidation sites excluding steroid dienone is 3. The van der Waals surface area contributed by atoms with Crippen molar-refractivity contribution in [1.29, 1.82) is 0 Å². The molecule has 32 heavy (non-hydrogen) atoms. The maximum Gasteiger partial charge on any atom is 0.168 e. The van der Waals surface area contributed by atoms with E-state index in [2.05, 4.69) is 11.9 Å². The lowest BCUT2D eigenvalue weighted by molar-refractivity contribution is -0.294. The molecule has 6 heteroatoms. The molecule has 2 aliphatic rings. The first-order chi connectivity index (χ1) is 15.6. The predicted molar refractivity (Wildman–Crippen MR) is 119 cm³/mol. The maximum atomic E-state index is 13.8. The topological polar surface area (TPSA) is 60.8 Å². The number of halogens is 1. The van der Waals surface area contributed by atoms with Crippen LogP contribution in [0.2, 0.25) is 0 Å². The second kappa shape index (κ2) is 10.2. The fraction of sp³-hybridized carbons (Fsp3) is 0.346. The third kappa shape index (κ3) is 5.15. The SMILES string of the molecule is CCCCOCC1C=C2CC(C(O)(Cc3cccc(F)c3)c3ccccn3)=CC=C2OO1. The normalized spacial score (nSPS) is 19.7. The molecule has 0 saturated carbocycles. The van der Waals surface area contributed by atoms with Crippen LogP contribution < -0.4 is 0 Å². The lowest BCUT2D eigenvalue weighted by Gasteiger charge is -2.34. The summed E-state index contributed by atoms with van der Waals surface area (Å²) in [6.45, 7) is 3.20. The number of hydrogen-bond acceptors (Lipinski definition) is 5. The van der Waals surface area contributed by atoms with Crippen molar-refractivity contribution >= 4 is 0 Å². The first kappa shape index (κ1) is 22.4. The van der Waals surface area contributed by atoms with Crippen molar-refractivity contribution in [3.63, 3.8) is 0 Å². The van der Waals surface area contributed by atoms with E-state index in [0.29, 0.717) is 36.7 Å². The number of fused-ring (bicyclic) bond motifs is 1. The highest BCUT2D eigenvalue weighted by Gasteiger charge is 2.38. The second-order valence-corrected chi connectivity index (χ2v) is 8.12. The monoisotopic (exact) mass is 437 g/mol. The third-order valence-electron chi connectivity index (χ3n) is 5.68. The maximum absolute atomic E-state index is 13.8. The van der Waals surface area contributed by atoms with Crippen molar-refractivity contribution in [3.05, 3.63) is 101 Å². The lowest BCUT2D eigenvalue weighted by Crippen LogP contribution is -2.34. The van der Waals surface area contributed by atoms with Gasteiger partial charge in [-0.25, -0.2) is 4.39 Å². The predicted octanol–water partition coefficient (Wildman–Crippen LogP) is 4.94. The molecule has 1 N–H and O–H groups in total. The van der Waals surface area contributed by atoms with Gasteiger partial charge in [0.05, 0.1) is 12.3 Å². The van der Waals surface area contributed by atoms with E-state index in [1.165, 1.54) is 12.1 Å². The molecule has 2 aromatic rings. The summed E-state index contributed by atoms with van der Waals surface area (Å²) >= 11 is 0. The fourth-order valence-electron chi connectivity index (χ4n) is 3.95. The van der Waals surface area contributed by atoms with E-state index in [-0.39, 0.29) is 18.3 Å². The molecular formula is C26H28FNO4. The van der Waals surface area contributed by atoms with Crippen LogP contribution in [0.3, 0.4) is 0 Å². The Balaban J connectivity index is 1.60. The summed E-state index contributed by atoms with van der Waals surface area (Å²) in [5.41, 5.74) is 1.48. The smallest absolute Gasteiger partial charge is 0.168 e. The molecule has 168 valence electrons. The van der Waals surface area contributed by atoms with E-state index >= 15 is 0 Å². The highest BCUT2D eigenvalue weighted by molar-refractivity contribution is 5.46. The molecule has 0 fully saturated rings. The zero-order valence-corrected chi connectivity index (χ0v) is 18.2. The highest BCUT2D eigenvalue weighted by Crippen LogP contribution is 2.40. The fourth-order valence-corrected chi connectivity index (χ4v) is 3.95. The Morgan fingerprint density at radius 2 is 2.12 bits per heavy atom. The summed E-state index contributed by atoms with van der Waals surface area (Å²) in [5.74, 6) is 0.282. The molecule has 0 bridgehead atoms. The van der Waals surface area contributed by atoms with E-state index in [0.717, 1.165) is 24.0 Å². The zero-order valence-electron chi connectivity index (χ0n) is 18.2. The Bertz CT molecular complexity index is 1020. The zero-order chi connectivity index (χ0) is 22.4. The Labute approximate surface area is 187 Å². The molecule has 1 aliphatic heterocycles. The molecule has 1 aliphatic carbocycles. The first-order valence-electron chi connectivity index (χ1n) is 11.0. The molecule has 2 heterocycles. The van der Waals surface area contributed by atoms with Crippen LogP contribution in [0.15, 0.2) is 83.8 Å². The minimum Gasteiger partial charge on any atom is -0.379 e. The molecule has 1 aromatic heterocycles. The molecule has 0 spiro atoms. The van der Waals surface area contributed by atoms with Gasteiger partial charge in [-0.15, -0.1) is 0 Å². The number of unbranched alkanes of at least 4 members (excludes halogenated alkanes) is 1. The summed E-state index contributed by atoms with van der Waals surface area (Å²) < 4.78 is 19.5. The number of pyridine rings is 1. The van der Waals surface area contributed by atoms with Crippen LogP contribution >= 0.6 is 0 Å². The lowest BCUT2D eigenvalue weighted by atomic mass is 9.78. The number of hydrogen-bond donors (Lipinski definition) is 1. The van der Waals surface area contributed by atoms with Crippen molar-refractivity contribution in [2.24, 2.45) is 0 Å². The second-order valence-electron chi connectivity index (χ2n) is 8.12. The Kier molecular flexibility index (Phi) is 7.15. The summed E-state index contributed by atoms with van der Waals surface area (Å²) in [5, 5.41) is 11.9. The van der Waals surface area contributed by atoms with Gasteiger partial charge in [-0.2, -0.15) is 4.89 Å². The van der Waals surface area contributed by atoms with E-state index in [1.54, 1.807) is 30.5 Å². The quantitative estimate of drug-likeness (QED) is 0.445. The molecule has 0 radical (unpaired) electrons. The van der Waals surface area contributed by atoms with Gasteiger partial charge in [-0.1, -0.05) is 37.6 Å². The number of aromatic nitrogens is 1. The summed E-state index contributed by atoms with van der Waals surface area (Å²) in [6.07, 6.45) is 9.67. The molecular weight excluding hydrogens is 409 g/mol. The van der Waals surface area contributed by atoms with Crippen LogP contribution in [0.1, 0.15) is 37.4 Å². The van der Waals surface area contributed by atoms with E-state index < -0.39 is 5.60 Å². The Morgan fingerprint density at radius 1 is 1.22 bits per heavy atom. The average molecular weight is 438 g/mol. The molecule has 0 saturated heterocycles. The van der Waals surface area contributed by atoms with Crippen molar-refractivity contribution in [3.8, 4) is 0 Å². The third-order valence-corrected chi connectivity index (χ3v) is 5.68. The van der Waals surface area contributed by atoms with Gasteiger partial charge < -0.3 is 14.7 Å². The van der Waals surface area contributed by atoms with Crippen molar-refractivity contribution in [2.45, 2.75) is 44.3 Å². The van der Waals surface area contributed by atoms with Gasteiger partial charge in [0, 0.05) is 31.2 Å². The van der Waals surface area contributed by atoms with E-state index in [4.69, 9.17) is 14.5 Å². The molecule has 0 amide bonds. The largest absolute Gasteiger partial charge is 0.379 e. The molecule has 4 rings (SSSR count). The number of aliphatic hydroxyl groups is 1. The van der Waals surface area contributed by atoms with Gasteiger partial charge in [-0.05, 0) is 54.0 Å². The standard InChI is InChI=1S/C26H28FNO4/c1-2-3-13-30-18-23-16-20-15-21(10-11-24(20)32-31-23)26(29,25-9-4-5-12-28-25)17-19-7-6-8-22(27)14-19/h4-12,14,16,23,29H,2-3,13,15,17-18H2,1H3. The molecule has 1 aromatic carbocycles. The van der Waals surface area contributed by atoms with Crippen LogP contribution in [0.4, 0.5) is 4.39 Å². The van der Waals surface area contributed by atoms with E-state index in [9.17, 15) is 9.50 Å². The van der Waals surface area contributed by atoms with Gasteiger partial charge in [0.25, 0.3) is 0 Å². The molecule has 5 nitrogen and oxygen atoms in total. The average Bonchev–Trinajstić information content (AvgIpc) is 2.82. The molecule has 2 unspecified atom stereocenters. The van der Waals surface area contributed by atoms with Crippen LogP contribution in [-0.2, 0) is 26.5 Å². The highest BCUT2D eigenvalue weighted by atomic mass is 19.1. The van der Waals surface area contributed by atoms with E-state index in [1.807, 2.05) is 24.3 Å². The minimum absolute atomic E-state index is 0.199. The molecule has 2 atom stereocenters. The van der Waals surface area contributed by atoms with Crippen LogP contribution in [0.5, 0.6) is 0 Å². The first-order valence-corrected chi connectivity index (χ1v) is 11.0. The van der Waals surface area contributed by atoms with Crippen LogP contribution in [-0.4, -0.2) is 29.4 Å². The van der Waals surface area contributed by atoms with Gasteiger partial charge >= 0.3 is 0 Å². The summed E-state index contributed by atoms with van der Waals surface area (Å²) in [7, 11) is 0. The van der Waals surface area contributed by atoms with Gasteiger partial charge in [0.1, 0.15) is 17.5 Å². The van der Waals surface area contributed by atoms with Gasteiger partial charge in [0.15, 0.2) is 5.76 Å². The Morgan fingerprint density at radius 3 is 2.91 bits per heavy atom. The summed E-state index contributed by atoms with van der Waals surface area (Å²) in [6, 6.07) is 11.7. The van der Waals surface area contributed by atoms with Gasteiger partial charge in [0.2, 0.25) is 0 Å². The summed E-state index contributed by atoms with van der Waals surface area (Å²) in [4.78, 5) is 15.3. The van der Waals surface area contributed by atoms with Crippen LogP contribution in [0, 0.1) is 5.82 Å². The minimum atomic E-state index is -1.40. The number of benzene rings is 1. The number of rotatable bonds is 9. The van der Waals surface area contributed by atoms with Crippen LogP contribution in [0.25, 0.3) is 0 Å². The Hall–Kier alpha value is -2.80. The van der Waals surface area contributed by atoms with Crippen molar-refractivity contribution in [2.75, 3.05) is 13.2 Å². The number of ether oxygens (including phenoxy) is 1. The van der Waals surface area contributed by atoms with Gasteiger partial charge in [-0.3, -0.25) is 4.98 Å². The van der Waals surface area contributed by atoms with Crippen molar-refractivity contribution < 1.29 is 24.0 Å². The number of nitrogens with zero attached hydrogens (tertiary/aromatic N) is 1. The van der Waals surface area contributed by atoms with Crippen molar-refractivity contribution in [1.82, 2.24) is 4.98 Å².